The van der Waals surface area contributed by atoms with Crippen molar-refractivity contribution < 1.29 is 4.79 Å². The van der Waals surface area contributed by atoms with Crippen molar-refractivity contribution in [2.75, 3.05) is 13.1 Å². The molecule has 2 aliphatic rings. The molecule has 1 aromatic rings. The molecule has 1 atom stereocenters. The molecule has 2 N–H and O–H groups in total. The zero-order chi connectivity index (χ0) is 12.8. The first-order chi connectivity index (χ1) is 8.60. The van der Waals surface area contributed by atoms with E-state index in [2.05, 4.69) is 6.07 Å². The first-order valence-electron chi connectivity index (χ1n) is 6.43. The summed E-state index contributed by atoms with van der Waals surface area (Å²) in [6, 6.07) is 7.89. The van der Waals surface area contributed by atoms with Gasteiger partial charge in [0.2, 0.25) is 5.91 Å². The van der Waals surface area contributed by atoms with Crippen LogP contribution in [0.25, 0.3) is 0 Å². The predicted molar refractivity (Wildman–Crippen MR) is 71.5 cm³/mol. The third-order valence-electron chi connectivity index (χ3n) is 4.04. The third kappa shape index (κ3) is 2.02. The topological polar surface area (TPSA) is 46.3 Å². The molecule has 1 aliphatic heterocycles. The molecule has 1 heterocycles. The summed E-state index contributed by atoms with van der Waals surface area (Å²) in [6.07, 6.45) is 2.64. The highest BCUT2D eigenvalue weighted by atomic mass is 35.5. The lowest BCUT2D eigenvalue weighted by molar-refractivity contribution is -0.132. The lowest BCUT2D eigenvalue weighted by Gasteiger charge is -2.20. The monoisotopic (exact) mass is 264 g/mol. The molecule has 1 aromatic carbocycles. The van der Waals surface area contributed by atoms with E-state index in [0.29, 0.717) is 5.92 Å². The van der Waals surface area contributed by atoms with Crippen molar-refractivity contribution in [3.05, 3.63) is 34.9 Å². The number of benzene rings is 1. The molecule has 3 nitrogen and oxygen atoms in total. The second-order valence-corrected chi connectivity index (χ2v) is 5.82. The fraction of sp³-hybridized carbons (Fsp3) is 0.500. The van der Waals surface area contributed by atoms with Crippen LogP contribution in [0.15, 0.2) is 24.3 Å². The van der Waals surface area contributed by atoms with E-state index in [0.717, 1.165) is 42.9 Å². The van der Waals surface area contributed by atoms with Gasteiger partial charge < -0.3 is 10.6 Å². The van der Waals surface area contributed by atoms with Gasteiger partial charge in [0, 0.05) is 24.0 Å². The lowest BCUT2D eigenvalue weighted by atomic mass is 9.98. The number of rotatable bonds is 2. The van der Waals surface area contributed by atoms with E-state index in [4.69, 9.17) is 17.3 Å². The third-order valence-corrected chi connectivity index (χ3v) is 4.38. The van der Waals surface area contributed by atoms with Crippen LogP contribution in [0.1, 0.15) is 30.7 Å². The Kier molecular flexibility index (Phi) is 2.83. The van der Waals surface area contributed by atoms with Gasteiger partial charge in [-0.25, -0.2) is 0 Å². The van der Waals surface area contributed by atoms with Gasteiger partial charge in [0.15, 0.2) is 0 Å². The highest BCUT2D eigenvalue weighted by Crippen LogP contribution is 2.38. The first kappa shape index (κ1) is 12.0. The van der Waals surface area contributed by atoms with E-state index in [-0.39, 0.29) is 5.91 Å². The molecule has 1 unspecified atom stereocenters. The smallest absolute Gasteiger partial charge is 0.242 e. The standard InChI is InChI=1S/C14H17ClN2O/c15-12-4-2-1-3-11(12)10-5-8-17(9-10)13(18)14(16)6-7-14/h1-4,10H,5-9,16H2. The Morgan fingerprint density at radius 3 is 2.78 bits per heavy atom. The highest BCUT2D eigenvalue weighted by molar-refractivity contribution is 6.31. The summed E-state index contributed by atoms with van der Waals surface area (Å²) in [7, 11) is 0. The molecule has 3 rings (SSSR count). The molecule has 1 aliphatic carbocycles. The van der Waals surface area contributed by atoms with E-state index in [1.54, 1.807) is 0 Å². The van der Waals surface area contributed by atoms with Crippen molar-refractivity contribution in [3.63, 3.8) is 0 Å². The maximum Gasteiger partial charge on any atom is 0.242 e. The SMILES string of the molecule is NC1(C(=O)N2CCC(c3ccccc3Cl)C2)CC1. The van der Waals surface area contributed by atoms with Crippen LogP contribution in [-0.2, 0) is 4.79 Å². The molecule has 96 valence electrons. The summed E-state index contributed by atoms with van der Waals surface area (Å²) in [5.41, 5.74) is 6.57. The Balaban J connectivity index is 1.72. The van der Waals surface area contributed by atoms with Gasteiger partial charge in [-0.15, -0.1) is 0 Å². The summed E-state index contributed by atoms with van der Waals surface area (Å²) in [4.78, 5) is 14.1. The predicted octanol–water partition coefficient (Wildman–Crippen LogP) is 2.15. The molecule has 0 radical (unpaired) electrons. The zero-order valence-corrected chi connectivity index (χ0v) is 11.0. The van der Waals surface area contributed by atoms with Crippen molar-refractivity contribution in [3.8, 4) is 0 Å². The summed E-state index contributed by atoms with van der Waals surface area (Å²) in [5.74, 6) is 0.474. The Labute approximate surface area is 112 Å². The van der Waals surface area contributed by atoms with Crippen molar-refractivity contribution in [1.82, 2.24) is 4.90 Å². The maximum absolute atomic E-state index is 12.2. The normalized spacial score (nSPS) is 25.2. The van der Waals surface area contributed by atoms with Crippen molar-refractivity contribution in [2.24, 2.45) is 5.73 Å². The van der Waals surface area contributed by atoms with Gasteiger partial charge in [-0.05, 0) is 30.9 Å². The summed E-state index contributed by atoms with van der Waals surface area (Å²) in [5, 5.41) is 0.797. The molecule has 1 saturated carbocycles. The van der Waals surface area contributed by atoms with Gasteiger partial charge in [0.1, 0.15) is 0 Å². The number of hydrogen-bond acceptors (Lipinski definition) is 2. The second-order valence-electron chi connectivity index (χ2n) is 5.41. The molecule has 1 amide bonds. The number of nitrogens with two attached hydrogens (primary N) is 1. The van der Waals surface area contributed by atoms with Crippen LogP contribution < -0.4 is 5.73 Å². The number of carbonyl (C=O) groups is 1. The van der Waals surface area contributed by atoms with Crippen LogP contribution in [0.3, 0.4) is 0 Å². The van der Waals surface area contributed by atoms with Gasteiger partial charge in [-0.3, -0.25) is 4.79 Å². The minimum Gasteiger partial charge on any atom is -0.340 e. The van der Waals surface area contributed by atoms with Crippen LogP contribution in [0, 0.1) is 0 Å². The lowest BCUT2D eigenvalue weighted by Crippen LogP contribution is -2.44. The average Bonchev–Trinajstić information content (AvgIpc) is 2.94. The number of nitrogens with zero attached hydrogens (tertiary/aromatic N) is 1. The van der Waals surface area contributed by atoms with Crippen LogP contribution in [0.5, 0.6) is 0 Å². The highest BCUT2D eigenvalue weighted by Gasteiger charge is 2.49. The molecular weight excluding hydrogens is 248 g/mol. The van der Waals surface area contributed by atoms with Crippen LogP contribution >= 0.6 is 11.6 Å². The van der Waals surface area contributed by atoms with Crippen LogP contribution in [0.2, 0.25) is 5.02 Å². The van der Waals surface area contributed by atoms with Crippen molar-refractivity contribution in [2.45, 2.75) is 30.7 Å². The molecule has 1 saturated heterocycles. The quantitative estimate of drug-likeness (QED) is 0.890. The van der Waals surface area contributed by atoms with Crippen molar-refractivity contribution >= 4 is 17.5 Å². The fourth-order valence-corrected chi connectivity index (χ4v) is 2.96. The molecule has 2 fully saturated rings. The number of amides is 1. The number of halogens is 1. The van der Waals surface area contributed by atoms with E-state index in [1.807, 2.05) is 23.1 Å². The van der Waals surface area contributed by atoms with Crippen LogP contribution in [0.4, 0.5) is 0 Å². The zero-order valence-electron chi connectivity index (χ0n) is 10.2. The molecule has 0 aromatic heterocycles. The second kappa shape index (κ2) is 4.25. The molecular formula is C14H17ClN2O. The minimum absolute atomic E-state index is 0.122. The van der Waals surface area contributed by atoms with Gasteiger partial charge >= 0.3 is 0 Å². The first-order valence-corrected chi connectivity index (χ1v) is 6.81. The van der Waals surface area contributed by atoms with Gasteiger partial charge in [-0.2, -0.15) is 0 Å². The van der Waals surface area contributed by atoms with E-state index in [9.17, 15) is 4.79 Å². The van der Waals surface area contributed by atoms with E-state index < -0.39 is 5.54 Å². The molecule has 0 spiro atoms. The Morgan fingerprint density at radius 1 is 1.39 bits per heavy atom. The summed E-state index contributed by atoms with van der Waals surface area (Å²) >= 11 is 6.21. The van der Waals surface area contributed by atoms with Gasteiger partial charge in [0.25, 0.3) is 0 Å². The Bertz CT molecular complexity index is 484. The largest absolute Gasteiger partial charge is 0.340 e. The van der Waals surface area contributed by atoms with Gasteiger partial charge in [0.05, 0.1) is 5.54 Å². The average molecular weight is 265 g/mol. The van der Waals surface area contributed by atoms with Crippen molar-refractivity contribution in [1.29, 1.82) is 0 Å². The maximum atomic E-state index is 12.2. The minimum atomic E-state index is -0.546. The van der Waals surface area contributed by atoms with Gasteiger partial charge in [-0.1, -0.05) is 29.8 Å². The summed E-state index contributed by atoms with van der Waals surface area (Å²) < 4.78 is 0. The van der Waals surface area contributed by atoms with Crippen LogP contribution in [-0.4, -0.2) is 29.4 Å². The van der Waals surface area contributed by atoms with E-state index in [1.165, 1.54) is 0 Å². The molecule has 18 heavy (non-hydrogen) atoms. The Morgan fingerprint density at radius 2 is 2.11 bits per heavy atom. The fourth-order valence-electron chi connectivity index (χ4n) is 2.67. The number of likely N-dealkylation sites (tertiary alicyclic amines) is 1. The molecule has 0 bridgehead atoms. The summed E-state index contributed by atoms with van der Waals surface area (Å²) in [6.45, 7) is 1.55. The number of hydrogen-bond donors (Lipinski definition) is 1. The Hall–Kier alpha value is -1.06. The van der Waals surface area contributed by atoms with E-state index >= 15 is 0 Å². The molecule has 4 heteroatoms. The number of carbonyl (C=O) groups excluding carboxylic acids is 1.